The van der Waals surface area contributed by atoms with Crippen LogP contribution in [0.3, 0.4) is 0 Å². The molecule has 0 fully saturated rings. The van der Waals surface area contributed by atoms with Crippen LogP contribution in [0.15, 0.2) is 12.3 Å². The highest BCUT2D eigenvalue weighted by atomic mass is 16.4. The fourth-order valence-electron chi connectivity index (χ4n) is 1.76. The number of aliphatic carboxylic acids is 1. The fourth-order valence-corrected chi connectivity index (χ4v) is 1.76. The average molecular weight is 265 g/mol. The Bertz CT molecular complexity index is 472. The van der Waals surface area contributed by atoms with E-state index in [1.54, 1.807) is 33.0 Å². The lowest BCUT2D eigenvalue weighted by Gasteiger charge is -2.21. The van der Waals surface area contributed by atoms with Crippen LogP contribution in [0.5, 0.6) is 0 Å². The molecule has 1 rings (SSSR count). The maximum Gasteiger partial charge on any atom is 0.303 e. The van der Waals surface area contributed by atoms with Crippen molar-refractivity contribution < 1.29 is 14.7 Å². The van der Waals surface area contributed by atoms with Crippen LogP contribution in [0.4, 0.5) is 0 Å². The zero-order chi connectivity index (χ0) is 14.5. The van der Waals surface area contributed by atoms with Crippen LogP contribution in [0.2, 0.25) is 0 Å². The van der Waals surface area contributed by atoms with E-state index in [1.165, 1.54) is 0 Å². The standard InChI is InChI=1S/C13H19N3O3/c1-9-14-5-4-10(16-9)8-15-11(17)6-13(2,3)7-12(18)19/h4-5H,6-8H2,1-3H3,(H,15,17)(H,18,19). The minimum atomic E-state index is -0.899. The molecule has 1 aromatic heterocycles. The summed E-state index contributed by atoms with van der Waals surface area (Å²) in [6, 6.07) is 1.73. The number of carbonyl (C=O) groups is 2. The van der Waals surface area contributed by atoms with Crippen molar-refractivity contribution >= 4 is 11.9 Å². The van der Waals surface area contributed by atoms with Crippen LogP contribution < -0.4 is 5.32 Å². The Kier molecular flexibility index (Phi) is 4.97. The molecule has 0 aromatic carbocycles. The average Bonchev–Trinajstić information content (AvgIpc) is 2.24. The van der Waals surface area contributed by atoms with Gasteiger partial charge in [0.25, 0.3) is 0 Å². The summed E-state index contributed by atoms with van der Waals surface area (Å²) >= 11 is 0. The highest BCUT2D eigenvalue weighted by Gasteiger charge is 2.25. The Morgan fingerprint density at radius 3 is 2.63 bits per heavy atom. The summed E-state index contributed by atoms with van der Waals surface area (Å²) < 4.78 is 0. The third-order valence-corrected chi connectivity index (χ3v) is 2.57. The van der Waals surface area contributed by atoms with Crippen LogP contribution in [-0.4, -0.2) is 27.0 Å². The first-order valence-electron chi connectivity index (χ1n) is 6.05. The van der Waals surface area contributed by atoms with E-state index >= 15 is 0 Å². The van der Waals surface area contributed by atoms with Gasteiger partial charge in [-0.15, -0.1) is 0 Å². The summed E-state index contributed by atoms with van der Waals surface area (Å²) in [6.07, 6.45) is 1.77. The van der Waals surface area contributed by atoms with Gasteiger partial charge in [0.15, 0.2) is 0 Å². The molecule has 0 aliphatic rings. The van der Waals surface area contributed by atoms with Gasteiger partial charge in [0.2, 0.25) is 5.91 Å². The molecule has 19 heavy (non-hydrogen) atoms. The third-order valence-electron chi connectivity index (χ3n) is 2.57. The van der Waals surface area contributed by atoms with Gasteiger partial charge < -0.3 is 10.4 Å². The lowest BCUT2D eigenvalue weighted by Crippen LogP contribution is -2.30. The second-order valence-electron chi connectivity index (χ2n) is 5.28. The first kappa shape index (κ1) is 15.1. The van der Waals surface area contributed by atoms with Crippen molar-refractivity contribution in [3.63, 3.8) is 0 Å². The van der Waals surface area contributed by atoms with E-state index in [2.05, 4.69) is 15.3 Å². The molecule has 104 valence electrons. The molecule has 6 heteroatoms. The number of nitrogens with zero attached hydrogens (tertiary/aromatic N) is 2. The van der Waals surface area contributed by atoms with Crippen LogP contribution in [0.25, 0.3) is 0 Å². The van der Waals surface area contributed by atoms with Gasteiger partial charge in [-0.25, -0.2) is 9.97 Å². The van der Waals surface area contributed by atoms with E-state index in [9.17, 15) is 9.59 Å². The number of amides is 1. The summed E-state index contributed by atoms with van der Waals surface area (Å²) in [5, 5.41) is 11.5. The Labute approximate surface area is 112 Å². The monoisotopic (exact) mass is 265 g/mol. The van der Waals surface area contributed by atoms with Gasteiger partial charge >= 0.3 is 5.97 Å². The van der Waals surface area contributed by atoms with E-state index in [0.717, 1.165) is 5.69 Å². The number of carboxylic acid groups (broad SMARTS) is 1. The second-order valence-corrected chi connectivity index (χ2v) is 5.28. The smallest absolute Gasteiger partial charge is 0.303 e. The number of aryl methyl sites for hydroxylation is 1. The van der Waals surface area contributed by atoms with Crippen molar-refractivity contribution in [1.29, 1.82) is 0 Å². The molecule has 2 N–H and O–H groups in total. The third kappa shape index (κ3) is 5.94. The van der Waals surface area contributed by atoms with Gasteiger partial charge in [-0.2, -0.15) is 0 Å². The first-order valence-corrected chi connectivity index (χ1v) is 6.05. The van der Waals surface area contributed by atoms with Crippen molar-refractivity contribution in [2.75, 3.05) is 0 Å². The molecule has 0 aliphatic heterocycles. The van der Waals surface area contributed by atoms with Gasteiger partial charge in [0.05, 0.1) is 18.7 Å². The van der Waals surface area contributed by atoms with E-state index in [1.807, 2.05) is 0 Å². The summed E-state index contributed by atoms with van der Waals surface area (Å²) in [5.74, 6) is -0.426. The SMILES string of the molecule is Cc1nccc(CNC(=O)CC(C)(C)CC(=O)O)n1. The normalized spacial score (nSPS) is 11.1. The largest absolute Gasteiger partial charge is 0.481 e. The molecule has 0 atom stereocenters. The lowest BCUT2D eigenvalue weighted by atomic mass is 9.85. The number of carbonyl (C=O) groups excluding carboxylic acids is 1. The number of aromatic nitrogens is 2. The molecular weight excluding hydrogens is 246 g/mol. The van der Waals surface area contributed by atoms with Crippen LogP contribution in [0, 0.1) is 12.3 Å². The van der Waals surface area contributed by atoms with E-state index < -0.39 is 11.4 Å². The van der Waals surface area contributed by atoms with Crippen molar-refractivity contribution in [3.05, 3.63) is 23.8 Å². The summed E-state index contributed by atoms with van der Waals surface area (Å²) in [6.45, 7) is 5.62. The summed E-state index contributed by atoms with van der Waals surface area (Å²) in [4.78, 5) is 30.6. The molecule has 1 amide bonds. The van der Waals surface area contributed by atoms with Crippen LogP contribution in [0.1, 0.15) is 38.2 Å². The van der Waals surface area contributed by atoms with Crippen LogP contribution >= 0.6 is 0 Å². The molecule has 0 radical (unpaired) electrons. The molecule has 6 nitrogen and oxygen atoms in total. The quantitative estimate of drug-likeness (QED) is 0.808. The van der Waals surface area contributed by atoms with E-state index in [0.29, 0.717) is 12.4 Å². The molecule has 0 saturated carbocycles. The molecule has 0 bridgehead atoms. The minimum Gasteiger partial charge on any atom is -0.481 e. The van der Waals surface area contributed by atoms with Crippen molar-refractivity contribution in [2.24, 2.45) is 5.41 Å². The number of hydrogen-bond donors (Lipinski definition) is 2. The van der Waals surface area contributed by atoms with Crippen molar-refractivity contribution in [3.8, 4) is 0 Å². The van der Waals surface area contributed by atoms with Gasteiger partial charge in [-0.1, -0.05) is 13.8 Å². The second kappa shape index (κ2) is 6.26. The topological polar surface area (TPSA) is 92.2 Å². The molecule has 0 spiro atoms. The van der Waals surface area contributed by atoms with E-state index in [4.69, 9.17) is 5.11 Å². The Balaban J connectivity index is 2.46. The molecule has 1 aromatic rings. The minimum absolute atomic E-state index is 0.0347. The zero-order valence-electron chi connectivity index (χ0n) is 11.4. The summed E-state index contributed by atoms with van der Waals surface area (Å²) in [7, 11) is 0. The lowest BCUT2D eigenvalue weighted by molar-refractivity contribution is -0.139. The predicted octanol–water partition coefficient (Wildman–Crippen LogP) is 1.29. The zero-order valence-corrected chi connectivity index (χ0v) is 11.4. The summed E-state index contributed by atoms with van der Waals surface area (Å²) in [5.41, 5.74) is 0.175. The van der Waals surface area contributed by atoms with Crippen LogP contribution in [-0.2, 0) is 16.1 Å². The van der Waals surface area contributed by atoms with Gasteiger partial charge in [-0.3, -0.25) is 9.59 Å². The van der Waals surface area contributed by atoms with Crippen molar-refractivity contribution in [1.82, 2.24) is 15.3 Å². The van der Waals surface area contributed by atoms with Gasteiger partial charge in [0, 0.05) is 12.6 Å². The van der Waals surface area contributed by atoms with Gasteiger partial charge in [0.1, 0.15) is 5.82 Å². The number of nitrogens with one attached hydrogen (secondary N) is 1. The van der Waals surface area contributed by atoms with E-state index in [-0.39, 0.29) is 18.7 Å². The maximum absolute atomic E-state index is 11.8. The predicted molar refractivity (Wildman–Crippen MR) is 69.3 cm³/mol. The molecule has 0 aliphatic carbocycles. The molecular formula is C13H19N3O3. The number of rotatable bonds is 6. The number of carboxylic acids is 1. The molecule has 0 saturated heterocycles. The highest BCUT2D eigenvalue weighted by Crippen LogP contribution is 2.24. The first-order chi connectivity index (χ1) is 8.78. The Morgan fingerprint density at radius 2 is 2.05 bits per heavy atom. The number of hydrogen-bond acceptors (Lipinski definition) is 4. The molecule has 0 unspecified atom stereocenters. The molecule has 1 heterocycles. The Morgan fingerprint density at radius 1 is 1.37 bits per heavy atom. The maximum atomic E-state index is 11.8. The fraction of sp³-hybridized carbons (Fsp3) is 0.538. The van der Waals surface area contributed by atoms with Crippen molar-refractivity contribution in [2.45, 2.75) is 40.2 Å². The Hall–Kier alpha value is -1.98. The van der Waals surface area contributed by atoms with Gasteiger partial charge in [-0.05, 0) is 18.4 Å². The highest BCUT2D eigenvalue weighted by molar-refractivity contribution is 5.77.